The van der Waals surface area contributed by atoms with Gasteiger partial charge in [0.05, 0.1) is 0 Å². The van der Waals surface area contributed by atoms with Crippen LogP contribution in [-0.2, 0) is 6.42 Å². The van der Waals surface area contributed by atoms with E-state index in [1.54, 1.807) is 0 Å². The summed E-state index contributed by atoms with van der Waals surface area (Å²) < 4.78 is 87.0. The van der Waals surface area contributed by atoms with E-state index in [2.05, 4.69) is 0 Å². The van der Waals surface area contributed by atoms with E-state index in [0.717, 1.165) is 0 Å². The van der Waals surface area contributed by atoms with Crippen LogP contribution in [0.1, 0.15) is 5.56 Å². The molecule has 19 heavy (non-hydrogen) atoms. The number of benzene rings is 1. The normalized spacial score (nSPS) is 15.4. The number of hydrogen-bond donors (Lipinski definition) is 1. The average molecular weight is 290 g/mol. The molecule has 1 atom stereocenters. The highest BCUT2D eigenvalue weighted by molar-refractivity contribution is 5.16. The molecule has 0 radical (unpaired) electrons. The molecule has 1 aromatic carbocycles. The van der Waals surface area contributed by atoms with Gasteiger partial charge in [-0.25, -0.2) is 0 Å². The maximum absolute atomic E-state index is 13.1. The van der Waals surface area contributed by atoms with Crippen LogP contribution in [0.5, 0.6) is 0 Å². The van der Waals surface area contributed by atoms with Crippen LogP contribution in [-0.4, -0.2) is 29.2 Å². The van der Waals surface area contributed by atoms with Crippen LogP contribution in [0.3, 0.4) is 0 Å². The third-order valence-corrected chi connectivity index (χ3v) is 2.47. The summed E-state index contributed by atoms with van der Waals surface area (Å²) in [5, 5.41) is 9.00. The van der Waals surface area contributed by atoms with E-state index < -0.39 is 30.5 Å². The molecular formula is C11H9F7O. The Hall–Kier alpha value is -1.31. The number of aliphatic hydroxyl groups is 1. The predicted molar refractivity (Wildman–Crippen MR) is 52.1 cm³/mol. The molecule has 0 unspecified atom stereocenters. The molecule has 0 saturated carbocycles. The van der Waals surface area contributed by atoms with E-state index in [0.29, 0.717) is 0 Å². The van der Waals surface area contributed by atoms with Gasteiger partial charge in [0.1, 0.15) is 6.10 Å². The van der Waals surface area contributed by atoms with Crippen molar-refractivity contribution in [3.05, 3.63) is 35.9 Å². The van der Waals surface area contributed by atoms with Crippen molar-refractivity contribution in [3.8, 4) is 0 Å². The van der Waals surface area contributed by atoms with Crippen molar-refractivity contribution in [3.63, 3.8) is 0 Å². The van der Waals surface area contributed by atoms with Crippen molar-refractivity contribution in [2.75, 3.05) is 0 Å². The van der Waals surface area contributed by atoms with Gasteiger partial charge in [-0.1, -0.05) is 30.3 Å². The maximum atomic E-state index is 13.1. The lowest BCUT2D eigenvalue weighted by atomic mass is 9.98. The smallest absolute Gasteiger partial charge is 0.386 e. The molecule has 0 aromatic heterocycles. The minimum Gasteiger partial charge on any atom is -0.386 e. The fourth-order valence-electron chi connectivity index (χ4n) is 1.36. The van der Waals surface area contributed by atoms with Gasteiger partial charge in [-0.15, -0.1) is 0 Å². The van der Waals surface area contributed by atoms with Crippen molar-refractivity contribution in [2.45, 2.75) is 30.5 Å². The van der Waals surface area contributed by atoms with Gasteiger partial charge in [-0.3, -0.25) is 0 Å². The van der Waals surface area contributed by atoms with E-state index in [4.69, 9.17) is 5.11 Å². The molecule has 1 rings (SSSR count). The van der Waals surface area contributed by atoms with Crippen LogP contribution >= 0.6 is 0 Å². The van der Waals surface area contributed by atoms with E-state index in [1.807, 2.05) is 0 Å². The molecule has 0 bridgehead atoms. The van der Waals surface area contributed by atoms with Gasteiger partial charge in [0.15, 0.2) is 0 Å². The summed E-state index contributed by atoms with van der Waals surface area (Å²) in [6.07, 6.45) is -10.6. The highest BCUT2D eigenvalue weighted by Gasteiger charge is 2.75. The van der Waals surface area contributed by atoms with Gasteiger partial charge >= 0.3 is 18.0 Å². The van der Waals surface area contributed by atoms with Crippen LogP contribution < -0.4 is 0 Å². The Morgan fingerprint density at radius 1 is 0.895 bits per heavy atom. The molecule has 0 saturated heterocycles. The third kappa shape index (κ3) is 2.99. The molecule has 0 aliphatic heterocycles. The van der Waals surface area contributed by atoms with Gasteiger partial charge in [-0.05, 0) is 5.56 Å². The standard InChI is InChI=1S/C11H9F7O/c12-9(13,10(14,15)11(16,17)18)8(19)6-7-4-2-1-3-5-7/h1-5,8,19H,6H2/t8-/m0/s1. The number of halogens is 7. The lowest BCUT2D eigenvalue weighted by Crippen LogP contribution is -2.58. The van der Waals surface area contributed by atoms with Gasteiger partial charge in [0, 0.05) is 6.42 Å². The first-order valence-electron chi connectivity index (χ1n) is 5.04. The molecule has 108 valence electrons. The van der Waals surface area contributed by atoms with E-state index >= 15 is 0 Å². The Labute approximate surface area is 103 Å². The van der Waals surface area contributed by atoms with Gasteiger partial charge in [-0.2, -0.15) is 30.7 Å². The van der Waals surface area contributed by atoms with Crippen molar-refractivity contribution < 1.29 is 35.8 Å². The Morgan fingerprint density at radius 3 is 1.79 bits per heavy atom. The van der Waals surface area contributed by atoms with Crippen molar-refractivity contribution >= 4 is 0 Å². The molecule has 0 aliphatic carbocycles. The zero-order chi connectivity index (χ0) is 14.9. The number of hydrogen-bond acceptors (Lipinski definition) is 1. The fourth-order valence-corrected chi connectivity index (χ4v) is 1.36. The van der Waals surface area contributed by atoms with E-state index in [9.17, 15) is 30.7 Å². The van der Waals surface area contributed by atoms with Crippen LogP contribution in [0.15, 0.2) is 30.3 Å². The summed E-state index contributed by atoms with van der Waals surface area (Å²) >= 11 is 0. The second-order valence-electron chi connectivity index (χ2n) is 3.90. The summed E-state index contributed by atoms with van der Waals surface area (Å²) in [7, 11) is 0. The summed E-state index contributed by atoms with van der Waals surface area (Å²) in [4.78, 5) is 0. The first-order valence-corrected chi connectivity index (χ1v) is 5.04. The first-order chi connectivity index (χ1) is 8.50. The Balaban J connectivity index is 2.94. The van der Waals surface area contributed by atoms with Crippen LogP contribution in [0.4, 0.5) is 30.7 Å². The quantitative estimate of drug-likeness (QED) is 0.842. The van der Waals surface area contributed by atoms with Crippen molar-refractivity contribution in [2.24, 2.45) is 0 Å². The minimum atomic E-state index is -6.44. The Morgan fingerprint density at radius 2 is 1.37 bits per heavy atom. The highest BCUT2D eigenvalue weighted by Crippen LogP contribution is 2.48. The molecule has 1 N–H and O–H groups in total. The van der Waals surface area contributed by atoms with Crippen LogP contribution in [0.2, 0.25) is 0 Å². The van der Waals surface area contributed by atoms with Gasteiger partial charge in [0.2, 0.25) is 0 Å². The molecule has 1 aromatic rings. The molecule has 0 aliphatic rings. The molecule has 0 fully saturated rings. The van der Waals surface area contributed by atoms with Gasteiger partial charge in [0.25, 0.3) is 0 Å². The third-order valence-electron chi connectivity index (χ3n) is 2.47. The lowest BCUT2D eigenvalue weighted by molar-refractivity contribution is -0.370. The number of alkyl halides is 7. The second kappa shape index (κ2) is 4.99. The summed E-state index contributed by atoms with van der Waals surface area (Å²) in [5.41, 5.74) is 0.0210. The number of rotatable bonds is 4. The average Bonchev–Trinajstić information content (AvgIpc) is 2.28. The summed E-state index contributed by atoms with van der Waals surface area (Å²) in [6.45, 7) is 0. The minimum absolute atomic E-state index is 0.0210. The largest absolute Gasteiger partial charge is 0.459 e. The summed E-state index contributed by atoms with van der Waals surface area (Å²) in [5.74, 6) is -11.9. The highest BCUT2D eigenvalue weighted by atomic mass is 19.4. The zero-order valence-electron chi connectivity index (χ0n) is 9.26. The molecule has 0 spiro atoms. The second-order valence-corrected chi connectivity index (χ2v) is 3.90. The van der Waals surface area contributed by atoms with E-state index in [-0.39, 0.29) is 5.56 Å². The molecule has 1 nitrogen and oxygen atoms in total. The lowest BCUT2D eigenvalue weighted by Gasteiger charge is -2.31. The van der Waals surface area contributed by atoms with Crippen LogP contribution in [0, 0.1) is 0 Å². The molecule has 8 heteroatoms. The van der Waals surface area contributed by atoms with Gasteiger partial charge < -0.3 is 5.11 Å². The number of aliphatic hydroxyl groups excluding tert-OH is 1. The maximum Gasteiger partial charge on any atom is 0.459 e. The zero-order valence-corrected chi connectivity index (χ0v) is 9.26. The van der Waals surface area contributed by atoms with E-state index in [1.165, 1.54) is 30.3 Å². The monoisotopic (exact) mass is 290 g/mol. The summed E-state index contributed by atoms with van der Waals surface area (Å²) in [6, 6.07) is 6.71. The Bertz CT molecular complexity index is 413. The first kappa shape index (κ1) is 15.7. The van der Waals surface area contributed by atoms with Crippen molar-refractivity contribution in [1.29, 1.82) is 0 Å². The molecule has 0 heterocycles. The van der Waals surface area contributed by atoms with Crippen LogP contribution in [0.25, 0.3) is 0 Å². The predicted octanol–water partition coefficient (Wildman–Crippen LogP) is 3.42. The SMILES string of the molecule is O[C@@H](Cc1ccccc1)C(F)(F)C(F)(F)C(F)(F)F. The fraction of sp³-hybridized carbons (Fsp3) is 0.455. The van der Waals surface area contributed by atoms with Crippen molar-refractivity contribution in [1.82, 2.24) is 0 Å². The topological polar surface area (TPSA) is 20.2 Å². The molecular weight excluding hydrogens is 281 g/mol. The Kier molecular flexibility index (Phi) is 4.14. The molecule has 0 amide bonds.